The Kier molecular flexibility index (Phi) is 5.00. The number of piperazine rings is 1. The minimum absolute atomic E-state index is 0.0333. The minimum atomic E-state index is -0.0347. The highest BCUT2D eigenvalue weighted by Crippen LogP contribution is 2.33. The molecule has 8 nitrogen and oxygen atoms in total. The average Bonchev–Trinajstić information content (AvgIpc) is 3.43. The SMILES string of the molecule is CCN1CCN(C(=O)c2nc(-c3cnc(NC(=O)C4CC4)s3)n3ccccc23)CC1. The van der Waals surface area contributed by atoms with E-state index in [4.69, 9.17) is 4.98 Å². The Morgan fingerprint density at radius 1 is 1.20 bits per heavy atom. The maximum absolute atomic E-state index is 13.2. The van der Waals surface area contributed by atoms with Crippen LogP contribution in [0.5, 0.6) is 0 Å². The van der Waals surface area contributed by atoms with Gasteiger partial charge in [0, 0.05) is 38.3 Å². The molecule has 1 aliphatic heterocycles. The Bertz CT molecular complexity index is 1090. The molecule has 0 bridgehead atoms. The Labute approximate surface area is 178 Å². The monoisotopic (exact) mass is 424 g/mol. The number of nitrogens with one attached hydrogen (secondary N) is 1. The van der Waals surface area contributed by atoms with Gasteiger partial charge in [0.1, 0.15) is 0 Å². The zero-order valence-corrected chi connectivity index (χ0v) is 17.7. The van der Waals surface area contributed by atoms with Crippen molar-refractivity contribution < 1.29 is 9.59 Å². The molecule has 0 spiro atoms. The molecule has 0 aromatic carbocycles. The molecular formula is C21H24N6O2S. The Morgan fingerprint density at radius 2 is 2.00 bits per heavy atom. The number of fused-ring (bicyclic) bond motifs is 1. The molecule has 1 N–H and O–H groups in total. The number of pyridine rings is 1. The van der Waals surface area contributed by atoms with E-state index in [1.807, 2.05) is 33.7 Å². The fourth-order valence-corrected chi connectivity index (χ4v) is 4.58. The van der Waals surface area contributed by atoms with Crippen molar-refractivity contribution in [1.29, 1.82) is 0 Å². The summed E-state index contributed by atoms with van der Waals surface area (Å²) < 4.78 is 1.93. The quantitative estimate of drug-likeness (QED) is 0.681. The van der Waals surface area contributed by atoms with Crippen molar-refractivity contribution in [2.24, 2.45) is 5.92 Å². The molecule has 1 aliphatic carbocycles. The zero-order valence-electron chi connectivity index (χ0n) is 16.9. The number of imidazole rings is 1. The van der Waals surface area contributed by atoms with Crippen molar-refractivity contribution in [2.75, 3.05) is 38.0 Å². The lowest BCUT2D eigenvalue weighted by atomic mass is 10.2. The molecule has 1 saturated heterocycles. The van der Waals surface area contributed by atoms with Crippen LogP contribution in [0.2, 0.25) is 0 Å². The number of hydrogen-bond donors (Lipinski definition) is 1. The second-order valence-corrected chi connectivity index (χ2v) is 8.79. The lowest BCUT2D eigenvalue weighted by Gasteiger charge is -2.33. The van der Waals surface area contributed by atoms with Crippen LogP contribution in [-0.4, -0.2) is 68.7 Å². The maximum atomic E-state index is 13.2. The molecule has 5 rings (SSSR count). The topological polar surface area (TPSA) is 82.8 Å². The summed E-state index contributed by atoms with van der Waals surface area (Å²) >= 11 is 1.38. The first-order chi connectivity index (χ1) is 14.6. The van der Waals surface area contributed by atoms with Crippen molar-refractivity contribution in [2.45, 2.75) is 19.8 Å². The lowest BCUT2D eigenvalue weighted by Crippen LogP contribution is -2.48. The van der Waals surface area contributed by atoms with E-state index in [-0.39, 0.29) is 17.7 Å². The van der Waals surface area contributed by atoms with Gasteiger partial charge in [0.15, 0.2) is 16.6 Å². The Balaban J connectivity index is 1.44. The largest absolute Gasteiger partial charge is 0.335 e. The maximum Gasteiger partial charge on any atom is 0.274 e. The summed E-state index contributed by atoms with van der Waals surface area (Å²) in [4.78, 5) is 39.4. The van der Waals surface area contributed by atoms with E-state index >= 15 is 0 Å². The van der Waals surface area contributed by atoms with Gasteiger partial charge in [0.2, 0.25) is 5.91 Å². The number of amides is 2. The van der Waals surface area contributed by atoms with Crippen molar-refractivity contribution in [1.82, 2.24) is 24.2 Å². The van der Waals surface area contributed by atoms with Crippen molar-refractivity contribution in [3.05, 3.63) is 36.3 Å². The summed E-state index contributed by atoms with van der Waals surface area (Å²) in [6.45, 7) is 6.35. The summed E-state index contributed by atoms with van der Waals surface area (Å²) in [5.41, 5.74) is 1.25. The number of likely N-dealkylation sites (N-methyl/N-ethyl adjacent to an activating group) is 1. The molecule has 1 saturated carbocycles. The summed E-state index contributed by atoms with van der Waals surface area (Å²) in [6.07, 6.45) is 5.52. The molecule has 156 valence electrons. The standard InChI is InChI=1S/C21H24N6O2S/c1-2-25-9-11-26(12-10-25)20(29)17-15-5-3-4-8-27(15)18(23-17)16-13-22-21(30-16)24-19(28)14-6-7-14/h3-5,8,13-14H,2,6-7,9-12H2,1H3,(H,22,24,28). The van der Waals surface area contributed by atoms with Crippen LogP contribution in [0, 0.1) is 5.92 Å². The van der Waals surface area contributed by atoms with E-state index in [1.165, 1.54) is 11.3 Å². The lowest BCUT2D eigenvalue weighted by molar-refractivity contribution is -0.117. The summed E-state index contributed by atoms with van der Waals surface area (Å²) in [7, 11) is 0. The van der Waals surface area contributed by atoms with Gasteiger partial charge in [-0.05, 0) is 31.5 Å². The number of carbonyl (C=O) groups is 2. The highest BCUT2D eigenvalue weighted by Gasteiger charge is 2.30. The third kappa shape index (κ3) is 3.59. The predicted octanol–water partition coefficient (Wildman–Crippen LogP) is 2.58. The molecule has 3 aromatic rings. The predicted molar refractivity (Wildman–Crippen MR) is 116 cm³/mol. The molecule has 3 aromatic heterocycles. The molecule has 0 radical (unpaired) electrons. The second-order valence-electron chi connectivity index (χ2n) is 7.76. The number of carbonyl (C=O) groups excluding carboxylic acids is 2. The van der Waals surface area contributed by atoms with Crippen molar-refractivity contribution >= 4 is 33.8 Å². The number of nitrogens with zero attached hydrogens (tertiary/aromatic N) is 5. The smallest absolute Gasteiger partial charge is 0.274 e. The fraction of sp³-hybridized carbons (Fsp3) is 0.429. The first-order valence-electron chi connectivity index (χ1n) is 10.4. The summed E-state index contributed by atoms with van der Waals surface area (Å²) in [5.74, 6) is 0.797. The molecule has 2 aliphatic rings. The molecule has 0 atom stereocenters. The minimum Gasteiger partial charge on any atom is -0.335 e. The van der Waals surface area contributed by atoms with Crippen LogP contribution in [0.25, 0.3) is 16.2 Å². The third-order valence-electron chi connectivity index (χ3n) is 5.76. The highest BCUT2D eigenvalue weighted by molar-refractivity contribution is 7.19. The number of aromatic nitrogens is 3. The van der Waals surface area contributed by atoms with E-state index < -0.39 is 0 Å². The molecular weight excluding hydrogens is 400 g/mol. The summed E-state index contributed by atoms with van der Waals surface area (Å²) in [5, 5.41) is 3.45. The fourth-order valence-electron chi connectivity index (χ4n) is 3.77. The number of hydrogen-bond acceptors (Lipinski definition) is 6. The van der Waals surface area contributed by atoms with E-state index in [9.17, 15) is 9.59 Å². The van der Waals surface area contributed by atoms with E-state index in [0.29, 0.717) is 29.7 Å². The van der Waals surface area contributed by atoms with Crippen LogP contribution in [0.3, 0.4) is 0 Å². The molecule has 30 heavy (non-hydrogen) atoms. The summed E-state index contributed by atoms with van der Waals surface area (Å²) in [6, 6.07) is 5.76. The average molecular weight is 425 g/mol. The molecule has 2 amide bonds. The number of anilines is 1. The van der Waals surface area contributed by atoms with Crippen LogP contribution >= 0.6 is 11.3 Å². The zero-order chi connectivity index (χ0) is 20.7. The van der Waals surface area contributed by atoms with E-state index in [2.05, 4.69) is 22.1 Å². The van der Waals surface area contributed by atoms with Gasteiger partial charge in [-0.25, -0.2) is 9.97 Å². The highest BCUT2D eigenvalue weighted by atomic mass is 32.1. The number of thiazole rings is 1. The first kappa shape index (κ1) is 19.2. The normalized spacial score (nSPS) is 17.4. The Morgan fingerprint density at radius 3 is 2.73 bits per heavy atom. The van der Waals surface area contributed by atoms with Gasteiger partial charge in [-0.1, -0.05) is 24.3 Å². The van der Waals surface area contributed by atoms with Gasteiger partial charge in [-0.3, -0.25) is 14.0 Å². The van der Waals surface area contributed by atoms with Gasteiger partial charge in [-0.15, -0.1) is 0 Å². The van der Waals surface area contributed by atoms with Gasteiger partial charge in [0.05, 0.1) is 16.6 Å². The molecule has 2 fully saturated rings. The van der Waals surface area contributed by atoms with E-state index in [0.717, 1.165) is 42.9 Å². The van der Waals surface area contributed by atoms with Gasteiger partial charge < -0.3 is 15.1 Å². The number of rotatable bonds is 5. The van der Waals surface area contributed by atoms with E-state index in [1.54, 1.807) is 6.20 Å². The van der Waals surface area contributed by atoms with Gasteiger partial charge >= 0.3 is 0 Å². The molecule has 0 unspecified atom stereocenters. The van der Waals surface area contributed by atoms with Crippen LogP contribution in [0.1, 0.15) is 30.3 Å². The van der Waals surface area contributed by atoms with Gasteiger partial charge in [-0.2, -0.15) is 0 Å². The van der Waals surface area contributed by atoms with Crippen LogP contribution < -0.4 is 5.32 Å². The molecule has 4 heterocycles. The third-order valence-corrected chi connectivity index (χ3v) is 6.67. The first-order valence-corrected chi connectivity index (χ1v) is 11.2. The van der Waals surface area contributed by atoms with Crippen molar-refractivity contribution in [3.8, 4) is 10.7 Å². The second kappa shape index (κ2) is 7.81. The van der Waals surface area contributed by atoms with Crippen LogP contribution in [0.4, 0.5) is 5.13 Å². The van der Waals surface area contributed by atoms with Crippen molar-refractivity contribution in [3.63, 3.8) is 0 Å². The van der Waals surface area contributed by atoms with Crippen LogP contribution in [0.15, 0.2) is 30.6 Å². The van der Waals surface area contributed by atoms with Crippen LogP contribution in [-0.2, 0) is 4.79 Å². The Hall–Kier alpha value is -2.78. The van der Waals surface area contributed by atoms with Gasteiger partial charge in [0.25, 0.3) is 5.91 Å². The molecule has 9 heteroatoms.